The predicted molar refractivity (Wildman–Crippen MR) is 105 cm³/mol. The highest BCUT2D eigenvalue weighted by Crippen LogP contribution is 2.52. The number of nitrogens with zero attached hydrogens (tertiary/aromatic N) is 3. The molecule has 4 unspecified atom stereocenters. The highest BCUT2D eigenvalue weighted by atomic mass is 32.1. The molecule has 2 aliphatic carbocycles. The summed E-state index contributed by atoms with van der Waals surface area (Å²) < 4.78 is 0. The maximum atomic E-state index is 12.6. The normalized spacial score (nSPS) is 27.7. The average molecular weight is 403 g/mol. The van der Waals surface area contributed by atoms with E-state index in [4.69, 9.17) is 0 Å². The van der Waals surface area contributed by atoms with E-state index in [-0.39, 0.29) is 41.4 Å². The van der Waals surface area contributed by atoms with Gasteiger partial charge in [-0.3, -0.25) is 19.3 Å². The number of hydrogen-bond acceptors (Lipinski definition) is 6. The Labute approximate surface area is 168 Å². The molecule has 8 heteroatoms. The molecule has 7 nitrogen and oxygen atoms in total. The number of anilines is 1. The summed E-state index contributed by atoms with van der Waals surface area (Å²) in [5, 5.41) is 12.3. The lowest BCUT2D eigenvalue weighted by Crippen LogP contribution is -2.33. The highest BCUT2D eigenvalue weighted by molar-refractivity contribution is 7.15. The molecule has 4 atom stereocenters. The lowest BCUT2D eigenvalue weighted by Gasteiger charge is -2.16. The zero-order valence-corrected chi connectivity index (χ0v) is 16.9. The fourth-order valence-electron chi connectivity index (χ4n) is 4.72. The molecular formula is C20H26N4O3S. The molecular weight excluding hydrogens is 376 g/mol. The number of unbranched alkanes of at least 4 members (excludes halogenated alkanes) is 2. The van der Waals surface area contributed by atoms with Crippen molar-refractivity contribution in [1.82, 2.24) is 15.1 Å². The van der Waals surface area contributed by atoms with E-state index in [1.54, 1.807) is 0 Å². The molecule has 150 valence electrons. The molecule has 1 saturated carbocycles. The van der Waals surface area contributed by atoms with E-state index in [0.29, 0.717) is 18.1 Å². The van der Waals surface area contributed by atoms with Crippen LogP contribution in [0.5, 0.6) is 0 Å². The number of aromatic nitrogens is 2. The summed E-state index contributed by atoms with van der Waals surface area (Å²) >= 11 is 1.42. The van der Waals surface area contributed by atoms with Crippen LogP contribution in [0.1, 0.15) is 50.5 Å². The Hall–Kier alpha value is -2.09. The van der Waals surface area contributed by atoms with E-state index in [9.17, 15) is 14.4 Å². The first-order valence-electron chi connectivity index (χ1n) is 10.2. The van der Waals surface area contributed by atoms with Gasteiger partial charge in [-0.05, 0) is 37.5 Å². The molecule has 28 heavy (non-hydrogen) atoms. The molecule has 2 heterocycles. The second-order valence-corrected chi connectivity index (χ2v) is 9.00. The van der Waals surface area contributed by atoms with Crippen molar-refractivity contribution < 1.29 is 14.4 Å². The van der Waals surface area contributed by atoms with Crippen LogP contribution in [0.2, 0.25) is 0 Å². The summed E-state index contributed by atoms with van der Waals surface area (Å²) in [6, 6.07) is 0. The Morgan fingerprint density at radius 1 is 1.14 bits per heavy atom. The largest absolute Gasteiger partial charge is 0.301 e. The number of nitrogens with one attached hydrogen (secondary N) is 1. The fraction of sp³-hybridized carbons (Fsp3) is 0.650. The SMILES string of the molecule is CCCc1nnc(NC(=O)CCCCCN2C(=O)C3C4C=CC(C4)C3C2=O)s1. The van der Waals surface area contributed by atoms with Crippen LogP contribution in [0.25, 0.3) is 0 Å². The molecule has 1 aliphatic heterocycles. The van der Waals surface area contributed by atoms with Crippen molar-refractivity contribution in [3.63, 3.8) is 0 Å². The number of imide groups is 1. The van der Waals surface area contributed by atoms with Gasteiger partial charge in [-0.15, -0.1) is 10.2 Å². The third kappa shape index (κ3) is 3.62. The molecule has 3 amide bonds. The Kier molecular flexibility index (Phi) is 5.57. The molecule has 1 saturated heterocycles. The number of amides is 3. The summed E-state index contributed by atoms with van der Waals surface area (Å²) in [7, 11) is 0. The quantitative estimate of drug-likeness (QED) is 0.389. The van der Waals surface area contributed by atoms with Crippen molar-refractivity contribution in [2.75, 3.05) is 11.9 Å². The maximum Gasteiger partial charge on any atom is 0.233 e. The zero-order valence-electron chi connectivity index (χ0n) is 16.1. The van der Waals surface area contributed by atoms with Crippen LogP contribution >= 0.6 is 11.3 Å². The van der Waals surface area contributed by atoms with Crippen LogP contribution in [0.3, 0.4) is 0 Å². The number of allylic oxidation sites excluding steroid dienone is 2. The summed E-state index contributed by atoms with van der Waals surface area (Å²) in [6.07, 6.45) is 9.75. The van der Waals surface area contributed by atoms with Crippen LogP contribution in [-0.4, -0.2) is 39.4 Å². The van der Waals surface area contributed by atoms with Crippen molar-refractivity contribution in [2.45, 2.75) is 51.9 Å². The monoisotopic (exact) mass is 402 g/mol. The molecule has 1 N–H and O–H groups in total. The van der Waals surface area contributed by atoms with Gasteiger partial charge in [0.15, 0.2) is 0 Å². The van der Waals surface area contributed by atoms with E-state index in [0.717, 1.165) is 43.5 Å². The van der Waals surface area contributed by atoms with E-state index in [1.165, 1.54) is 16.2 Å². The molecule has 0 aromatic carbocycles. The second-order valence-electron chi connectivity index (χ2n) is 7.94. The molecule has 2 bridgehead atoms. The number of fused-ring (bicyclic) bond motifs is 5. The smallest absolute Gasteiger partial charge is 0.233 e. The maximum absolute atomic E-state index is 12.6. The van der Waals surface area contributed by atoms with Gasteiger partial charge < -0.3 is 5.32 Å². The number of carbonyl (C=O) groups is 3. The van der Waals surface area contributed by atoms with Gasteiger partial charge in [0.2, 0.25) is 22.9 Å². The van der Waals surface area contributed by atoms with Crippen molar-refractivity contribution in [3.05, 3.63) is 17.2 Å². The Morgan fingerprint density at radius 2 is 1.86 bits per heavy atom. The first kappa shape index (κ1) is 19.2. The van der Waals surface area contributed by atoms with Gasteiger partial charge in [0.05, 0.1) is 11.8 Å². The van der Waals surface area contributed by atoms with E-state index in [1.807, 2.05) is 0 Å². The third-order valence-electron chi connectivity index (χ3n) is 6.02. The standard InChI is InChI=1S/C20H26N4O3S/c1-2-6-15-22-23-20(28-15)21-14(25)7-4-3-5-10-24-18(26)16-12-8-9-13(11-12)17(16)19(24)27/h8-9,12-13,16-17H,2-7,10-11H2,1H3,(H,21,23,25). The minimum absolute atomic E-state index is 0.0174. The lowest BCUT2D eigenvalue weighted by molar-refractivity contribution is -0.140. The fourth-order valence-corrected chi connectivity index (χ4v) is 5.58. The van der Waals surface area contributed by atoms with Gasteiger partial charge in [-0.25, -0.2) is 0 Å². The average Bonchev–Trinajstić information content (AvgIpc) is 3.43. The van der Waals surface area contributed by atoms with Crippen molar-refractivity contribution in [1.29, 1.82) is 0 Å². The molecule has 4 rings (SSSR count). The van der Waals surface area contributed by atoms with Crippen molar-refractivity contribution in [3.8, 4) is 0 Å². The molecule has 2 fully saturated rings. The van der Waals surface area contributed by atoms with Crippen LogP contribution in [-0.2, 0) is 20.8 Å². The van der Waals surface area contributed by atoms with Crippen LogP contribution in [0.15, 0.2) is 12.2 Å². The first-order chi connectivity index (χ1) is 13.6. The second kappa shape index (κ2) is 8.11. The Morgan fingerprint density at radius 3 is 2.54 bits per heavy atom. The van der Waals surface area contributed by atoms with E-state index < -0.39 is 0 Å². The summed E-state index contributed by atoms with van der Waals surface area (Å²) in [5.41, 5.74) is 0. The number of hydrogen-bond donors (Lipinski definition) is 1. The summed E-state index contributed by atoms with van der Waals surface area (Å²) in [6.45, 7) is 2.55. The number of aryl methyl sites for hydroxylation is 1. The summed E-state index contributed by atoms with van der Waals surface area (Å²) in [4.78, 5) is 38.7. The zero-order chi connectivity index (χ0) is 19.7. The number of rotatable bonds is 9. The highest BCUT2D eigenvalue weighted by Gasteiger charge is 2.58. The van der Waals surface area contributed by atoms with Gasteiger partial charge in [-0.1, -0.05) is 36.8 Å². The third-order valence-corrected chi connectivity index (χ3v) is 6.92. The van der Waals surface area contributed by atoms with Gasteiger partial charge >= 0.3 is 0 Å². The van der Waals surface area contributed by atoms with Crippen molar-refractivity contribution >= 4 is 34.2 Å². The topological polar surface area (TPSA) is 92.3 Å². The predicted octanol–water partition coefficient (Wildman–Crippen LogP) is 2.80. The van der Waals surface area contributed by atoms with Gasteiger partial charge in [0.1, 0.15) is 5.01 Å². The lowest BCUT2D eigenvalue weighted by atomic mass is 9.85. The molecule has 0 spiro atoms. The molecule has 1 aromatic rings. The van der Waals surface area contributed by atoms with Crippen LogP contribution in [0.4, 0.5) is 5.13 Å². The number of carbonyl (C=O) groups excluding carboxylic acids is 3. The Bertz CT molecular complexity index is 775. The Balaban J connectivity index is 1.16. The van der Waals surface area contributed by atoms with Crippen molar-refractivity contribution in [2.24, 2.45) is 23.7 Å². The van der Waals surface area contributed by atoms with Crippen LogP contribution < -0.4 is 5.32 Å². The van der Waals surface area contributed by atoms with E-state index in [2.05, 4.69) is 34.6 Å². The first-order valence-corrected chi connectivity index (χ1v) is 11.1. The van der Waals surface area contributed by atoms with Gasteiger partial charge in [0, 0.05) is 19.4 Å². The number of likely N-dealkylation sites (tertiary alicyclic amines) is 1. The minimum Gasteiger partial charge on any atom is -0.301 e. The molecule has 0 radical (unpaired) electrons. The van der Waals surface area contributed by atoms with Crippen LogP contribution in [0, 0.1) is 23.7 Å². The van der Waals surface area contributed by atoms with Gasteiger partial charge in [-0.2, -0.15) is 0 Å². The molecule has 3 aliphatic rings. The summed E-state index contributed by atoms with van der Waals surface area (Å²) in [5.74, 6) is 0.268. The van der Waals surface area contributed by atoms with E-state index >= 15 is 0 Å². The minimum atomic E-state index is -0.113. The van der Waals surface area contributed by atoms with Gasteiger partial charge in [0.25, 0.3) is 0 Å². The molecule has 1 aromatic heterocycles.